The van der Waals surface area contributed by atoms with E-state index in [0.29, 0.717) is 6.54 Å². The number of benzene rings is 1. The van der Waals surface area contributed by atoms with E-state index in [2.05, 4.69) is 21.4 Å². The Morgan fingerprint density at radius 3 is 2.82 bits per heavy atom. The second kappa shape index (κ2) is 4.59. The smallest absolute Gasteiger partial charge is 0.167 e. The van der Waals surface area contributed by atoms with Crippen LogP contribution in [0.15, 0.2) is 58.7 Å². The van der Waals surface area contributed by atoms with Gasteiger partial charge in [-0.1, -0.05) is 24.3 Å². The monoisotopic (exact) mass is 241 g/mol. The molecule has 0 amide bonds. The first kappa shape index (κ1) is 10.4. The summed E-state index contributed by atoms with van der Waals surface area (Å²) in [5, 5.41) is 5.24. The van der Waals surface area contributed by atoms with E-state index in [9.17, 15) is 0 Å². The maximum Gasteiger partial charge on any atom is 0.167 e. The van der Waals surface area contributed by atoms with Crippen LogP contribution in [-0.2, 0) is 6.54 Å². The van der Waals surface area contributed by atoms with Gasteiger partial charge < -0.3 is 5.32 Å². The van der Waals surface area contributed by atoms with Crippen LogP contribution in [0, 0.1) is 0 Å². The van der Waals surface area contributed by atoms with Gasteiger partial charge >= 0.3 is 0 Å². The maximum atomic E-state index is 4.49. The van der Waals surface area contributed by atoms with E-state index >= 15 is 0 Å². The number of thioether (sulfide) groups is 1. The number of aliphatic imine (C=N–C) groups is 1. The quantitative estimate of drug-likeness (QED) is 0.833. The van der Waals surface area contributed by atoms with E-state index in [4.69, 9.17) is 0 Å². The molecule has 1 N–H and O–H groups in total. The van der Waals surface area contributed by atoms with Crippen LogP contribution in [0.3, 0.4) is 0 Å². The lowest BCUT2D eigenvalue weighted by molar-refractivity contribution is 0.957. The Hall–Kier alpha value is -1.81. The fraction of sp³-hybridized carbons (Fsp3) is 0.0769. The Kier molecular flexibility index (Phi) is 2.80. The van der Waals surface area contributed by atoms with Crippen LogP contribution in [0.5, 0.6) is 0 Å². The van der Waals surface area contributed by atoms with Crippen LogP contribution in [-0.4, -0.2) is 10.2 Å². The summed E-state index contributed by atoms with van der Waals surface area (Å²) in [7, 11) is 0. The normalized spacial score (nSPS) is 13.8. The molecule has 0 aliphatic carbocycles. The average Bonchev–Trinajstić information content (AvgIpc) is 2.40. The molecule has 4 heteroatoms. The van der Waals surface area contributed by atoms with Crippen molar-refractivity contribution in [3.05, 3.63) is 54.2 Å². The van der Waals surface area contributed by atoms with Crippen molar-refractivity contribution >= 4 is 22.6 Å². The van der Waals surface area contributed by atoms with Crippen molar-refractivity contribution in [2.75, 3.05) is 5.32 Å². The van der Waals surface area contributed by atoms with Crippen molar-refractivity contribution in [2.24, 2.45) is 4.99 Å². The molecule has 0 saturated heterocycles. The first-order valence-corrected chi connectivity index (χ1v) is 6.22. The van der Waals surface area contributed by atoms with E-state index in [0.717, 1.165) is 15.9 Å². The van der Waals surface area contributed by atoms with Gasteiger partial charge in [-0.15, -0.1) is 0 Å². The summed E-state index contributed by atoms with van der Waals surface area (Å²) >= 11 is 1.58. The Bertz CT molecular complexity index is 552. The zero-order chi connectivity index (χ0) is 11.5. The molecule has 84 valence electrons. The SMILES string of the molecule is c1ccc(NC2=NCc3cccnc3S2)cc1. The lowest BCUT2D eigenvalue weighted by Crippen LogP contribution is -2.12. The van der Waals surface area contributed by atoms with Gasteiger partial charge in [-0.05, 0) is 30.0 Å². The number of aromatic nitrogens is 1. The number of rotatable bonds is 1. The molecule has 1 aromatic carbocycles. The van der Waals surface area contributed by atoms with E-state index in [1.807, 2.05) is 42.6 Å². The van der Waals surface area contributed by atoms with Crippen molar-refractivity contribution in [3.63, 3.8) is 0 Å². The number of anilines is 1. The third-order valence-electron chi connectivity index (χ3n) is 2.46. The zero-order valence-electron chi connectivity index (χ0n) is 9.13. The highest BCUT2D eigenvalue weighted by molar-refractivity contribution is 8.14. The first-order chi connectivity index (χ1) is 8.42. The summed E-state index contributed by atoms with van der Waals surface area (Å²) in [5.74, 6) is 0. The Morgan fingerprint density at radius 1 is 1.06 bits per heavy atom. The number of nitrogens with one attached hydrogen (secondary N) is 1. The molecule has 0 atom stereocenters. The maximum absolute atomic E-state index is 4.49. The molecule has 0 radical (unpaired) electrons. The molecular weight excluding hydrogens is 230 g/mol. The van der Waals surface area contributed by atoms with Crippen LogP contribution >= 0.6 is 11.8 Å². The summed E-state index contributed by atoms with van der Waals surface area (Å²) in [6.07, 6.45) is 1.82. The molecule has 0 bridgehead atoms. The number of para-hydroxylation sites is 1. The molecule has 1 aliphatic heterocycles. The Labute approximate surface area is 104 Å². The van der Waals surface area contributed by atoms with Crippen LogP contribution in [0.25, 0.3) is 0 Å². The van der Waals surface area contributed by atoms with Crippen LogP contribution in [0.2, 0.25) is 0 Å². The van der Waals surface area contributed by atoms with E-state index in [1.165, 1.54) is 5.56 Å². The third kappa shape index (κ3) is 2.31. The zero-order valence-corrected chi connectivity index (χ0v) is 9.95. The van der Waals surface area contributed by atoms with Crippen LogP contribution < -0.4 is 5.32 Å². The first-order valence-electron chi connectivity index (χ1n) is 5.40. The molecule has 0 spiro atoms. The summed E-state index contributed by atoms with van der Waals surface area (Å²) in [4.78, 5) is 8.85. The minimum absolute atomic E-state index is 0.700. The number of nitrogens with zero attached hydrogens (tertiary/aromatic N) is 2. The summed E-state index contributed by atoms with van der Waals surface area (Å²) in [6.45, 7) is 0.700. The highest BCUT2D eigenvalue weighted by Crippen LogP contribution is 2.27. The fourth-order valence-corrected chi connectivity index (χ4v) is 2.49. The third-order valence-corrected chi connectivity index (χ3v) is 3.45. The van der Waals surface area contributed by atoms with Gasteiger partial charge in [0.15, 0.2) is 5.17 Å². The molecule has 3 nitrogen and oxygen atoms in total. The summed E-state index contributed by atoms with van der Waals surface area (Å²) in [6, 6.07) is 14.1. The van der Waals surface area contributed by atoms with E-state index in [-0.39, 0.29) is 0 Å². The lowest BCUT2D eigenvalue weighted by Gasteiger charge is -2.15. The van der Waals surface area contributed by atoms with Gasteiger partial charge in [0.25, 0.3) is 0 Å². The minimum Gasteiger partial charge on any atom is -0.335 e. The highest BCUT2D eigenvalue weighted by atomic mass is 32.2. The fourth-order valence-electron chi connectivity index (χ4n) is 1.63. The topological polar surface area (TPSA) is 37.3 Å². The predicted molar refractivity (Wildman–Crippen MR) is 71.3 cm³/mol. The molecule has 17 heavy (non-hydrogen) atoms. The van der Waals surface area contributed by atoms with Crippen molar-refractivity contribution in [2.45, 2.75) is 11.6 Å². The highest BCUT2D eigenvalue weighted by Gasteiger charge is 2.13. The number of fused-ring (bicyclic) bond motifs is 1. The van der Waals surface area contributed by atoms with Gasteiger partial charge in [-0.25, -0.2) is 4.98 Å². The minimum atomic E-state index is 0.700. The molecule has 2 heterocycles. The van der Waals surface area contributed by atoms with Crippen molar-refractivity contribution in [3.8, 4) is 0 Å². The predicted octanol–water partition coefficient (Wildman–Crippen LogP) is 3.16. The van der Waals surface area contributed by atoms with E-state index in [1.54, 1.807) is 11.8 Å². The summed E-state index contributed by atoms with van der Waals surface area (Å²) < 4.78 is 0. The van der Waals surface area contributed by atoms with Gasteiger partial charge in [0, 0.05) is 17.4 Å². The van der Waals surface area contributed by atoms with Gasteiger partial charge in [0.2, 0.25) is 0 Å². The van der Waals surface area contributed by atoms with Crippen molar-refractivity contribution < 1.29 is 0 Å². The second-order valence-electron chi connectivity index (χ2n) is 3.68. The summed E-state index contributed by atoms with van der Waals surface area (Å²) in [5.41, 5.74) is 2.24. The van der Waals surface area contributed by atoms with Crippen LogP contribution in [0.1, 0.15) is 5.56 Å². The Morgan fingerprint density at radius 2 is 1.94 bits per heavy atom. The van der Waals surface area contributed by atoms with Gasteiger partial charge in [-0.3, -0.25) is 4.99 Å². The molecule has 2 aromatic rings. The van der Waals surface area contributed by atoms with Gasteiger partial charge in [0.1, 0.15) is 5.03 Å². The molecule has 0 saturated carbocycles. The number of pyridine rings is 1. The molecule has 1 aromatic heterocycles. The molecule has 0 fully saturated rings. The van der Waals surface area contributed by atoms with Crippen molar-refractivity contribution in [1.29, 1.82) is 0 Å². The number of amidine groups is 1. The van der Waals surface area contributed by atoms with Crippen LogP contribution in [0.4, 0.5) is 5.69 Å². The standard InChI is InChI=1S/C13H11N3S/c1-2-6-11(7-3-1)16-13-15-9-10-5-4-8-14-12(10)17-13/h1-8H,9H2,(H,15,16). The second-order valence-corrected chi connectivity index (χ2v) is 4.66. The van der Waals surface area contributed by atoms with Gasteiger partial charge in [-0.2, -0.15) is 0 Å². The Balaban J connectivity index is 1.78. The lowest BCUT2D eigenvalue weighted by atomic mass is 10.3. The molecule has 1 aliphatic rings. The molecular formula is C13H11N3S. The van der Waals surface area contributed by atoms with Gasteiger partial charge in [0.05, 0.1) is 6.54 Å². The number of hydrogen-bond donors (Lipinski definition) is 1. The van der Waals surface area contributed by atoms with Crippen molar-refractivity contribution in [1.82, 2.24) is 4.98 Å². The molecule has 3 rings (SSSR count). The number of hydrogen-bond acceptors (Lipinski definition) is 4. The average molecular weight is 241 g/mol. The van der Waals surface area contributed by atoms with E-state index < -0.39 is 0 Å². The largest absolute Gasteiger partial charge is 0.335 e. The molecule has 0 unspecified atom stereocenters.